The summed E-state index contributed by atoms with van der Waals surface area (Å²) in [6.45, 7) is 0. The molecule has 4 N–H and O–H groups in total. The summed E-state index contributed by atoms with van der Waals surface area (Å²) < 4.78 is 0. The van der Waals surface area contributed by atoms with E-state index in [1.165, 1.54) is 24.5 Å². The zero-order valence-corrected chi connectivity index (χ0v) is 12.9. The minimum absolute atomic E-state index is 0. The van der Waals surface area contributed by atoms with Gasteiger partial charge in [0.15, 0.2) is 24.8 Å². The third-order valence-electron chi connectivity index (χ3n) is 1.91. The van der Waals surface area contributed by atoms with Gasteiger partial charge in [-0.2, -0.15) is 0 Å². The Bertz CT molecular complexity index is 474. The van der Waals surface area contributed by atoms with Crippen LogP contribution in [0.1, 0.15) is 20.7 Å². The Balaban J connectivity index is 0. The molecule has 6 nitrogen and oxygen atoms in total. The van der Waals surface area contributed by atoms with Crippen molar-refractivity contribution >= 4 is 11.9 Å². The first-order valence-corrected chi connectivity index (χ1v) is 5.00. The van der Waals surface area contributed by atoms with Gasteiger partial charge in [-0.3, -0.25) is 0 Å². The summed E-state index contributed by atoms with van der Waals surface area (Å²) >= 11 is 0. The fourth-order valence-electron chi connectivity index (χ4n) is 1.05. The predicted octanol–water partition coefficient (Wildman–Crippen LogP) is 0.393. The molecular weight excluding hydrogens is 452 g/mol. The molecule has 0 aliphatic carbocycles. The number of rotatable bonds is 2. The van der Waals surface area contributed by atoms with Gasteiger partial charge >= 0.3 is 11.9 Å². The summed E-state index contributed by atoms with van der Waals surface area (Å²) in [6.07, 6.45) is 6.18. The number of hydrogen-bond donors (Lipinski definition) is 2. The van der Waals surface area contributed by atoms with E-state index in [0.29, 0.717) is 0 Å². The van der Waals surface area contributed by atoms with Gasteiger partial charge in [-0.1, -0.05) is 0 Å². The second-order valence-electron chi connectivity index (χ2n) is 3.19. The van der Waals surface area contributed by atoms with Crippen LogP contribution < -0.4 is 9.97 Å². The molecule has 0 amide bonds. The van der Waals surface area contributed by atoms with Crippen LogP contribution in [0, 0.1) is 0 Å². The standard InChI is InChI=1S/2C6H5NO2.2Ag/c2*8-6(9)5-2-1-3-7-4-5;;/h2*1-4H,(H,8,9);;/p+2. The Morgan fingerprint density at radius 3 is 1.30 bits per heavy atom. The van der Waals surface area contributed by atoms with Gasteiger partial charge < -0.3 is 10.2 Å². The second kappa shape index (κ2) is 11.5. The average Bonchev–Trinajstić information content (AvgIpc) is 2.41. The first-order valence-electron chi connectivity index (χ1n) is 5.00. The number of aromatic carboxylic acids is 2. The van der Waals surface area contributed by atoms with Crippen molar-refractivity contribution in [2.24, 2.45) is 0 Å². The third kappa shape index (κ3) is 8.00. The number of H-pyrrole nitrogens is 2. The molecule has 2 rings (SSSR count). The summed E-state index contributed by atoms with van der Waals surface area (Å²) in [6, 6.07) is 6.34. The van der Waals surface area contributed by atoms with Crippen LogP contribution in [0.5, 0.6) is 0 Å². The summed E-state index contributed by atoms with van der Waals surface area (Å²) in [5.74, 6) is -1.82. The van der Waals surface area contributed by atoms with Crippen LogP contribution in [-0.4, -0.2) is 22.2 Å². The molecule has 2 heterocycles. The molecule has 0 aliphatic heterocycles. The molecule has 2 aromatic rings. The first kappa shape index (κ1) is 21.0. The van der Waals surface area contributed by atoms with Gasteiger partial charge in [0.25, 0.3) is 0 Å². The predicted molar refractivity (Wildman–Crippen MR) is 59.9 cm³/mol. The molecule has 20 heavy (non-hydrogen) atoms. The molecular formula is C12H12Ag2N2O4+2. The molecule has 0 spiro atoms. The summed E-state index contributed by atoms with van der Waals surface area (Å²) in [5, 5.41) is 16.7. The van der Waals surface area contributed by atoms with Crippen LogP contribution in [-0.2, 0) is 44.8 Å². The Labute approximate surface area is 146 Å². The van der Waals surface area contributed by atoms with E-state index < -0.39 is 11.9 Å². The molecule has 0 aliphatic rings. The van der Waals surface area contributed by atoms with Crippen molar-refractivity contribution < 1.29 is 74.5 Å². The maximum Gasteiger partial charge on any atom is 0.341 e. The van der Waals surface area contributed by atoms with Crippen LogP contribution >= 0.6 is 0 Å². The quantitative estimate of drug-likeness (QED) is 0.629. The van der Waals surface area contributed by atoms with E-state index in [-0.39, 0.29) is 55.9 Å². The zero-order chi connectivity index (χ0) is 13.4. The topological polar surface area (TPSA) is 103 Å². The van der Waals surface area contributed by atoms with Crippen molar-refractivity contribution in [3.8, 4) is 0 Å². The number of aromatic nitrogens is 2. The van der Waals surface area contributed by atoms with Gasteiger partial charge in [-0.05, 0) is 12.1 Å². The number of hydrogen-bond acceptors (Lipinski definition) is 2. The summed E-state index contributed by atoms with van der Waals surface area (Å²) in [7, 11) is 0. The number of carbonyl (C=O) groups is 2. The van der Waals surface area contributed by atoms with Crippen molar-refractivity contribution in [2.45, 2.75) is 0 Å². The van der Waals surface area contributed by atoms with Crippen LogP contribution in [0.3, 0.4) is 0 Å². The van der Waals surface area contributed by atoms with Crippen molar-refractivity contribution in [3.05, 3.63) is 60.2 Å². The molecule has 0 fully saturated rings. The number of aromatic amines is 2. The molecule has 0 saturated carbocycles. The Hall–Kier alpha value is -1.28. The van der Waals surface area contributed by atoms with Crippen LogP contribution in [0.25, 0.3) is 0 Å². The van der Waals surface area contributed by atoms with E-state index >= 15 is 0 Å². The molecule has 0 unspecified atom stereocenters. The molecule has 0 bridgehead atoms. The third-order valence-corrected chi connectivity index (χ3v) is 1.91. The minimum Gasteiger partial charge on any atom is -0.477 e. The summed E-state index contributed by atoms with van der Waals surface area (Å²) in [5.41, 5.74) is 0.551. The Morgan fingerprint density at radius 2 is 1.15 bits per heavy atom. The molecule has 2 radical (unpaired) electrons. The van der Waals surface area contributed by atoms with Crippen molar-refractivity contribution in [3.63, 3.8) is 0 Å². The van der Waals surface area contributed by atoms with E-state index in [2.05, 4.69) is 9.97 Å². The van der Waals surface area contributed by atoms with Gasteiger partial charge in [-0.15, -0.1) is 0 Å². The van der Waals surface area contributed by atoms with E-state index in [1.54, 1.807) is 24.5 Å². The normalized spacial score (nSPS) is 8.00. The Morgan fingerprint density at radius 1 is 0.800 bits per heavy atom. The maximum atomic E-state index is 10.2. The SMILES string of the molecule is O=C(O)c1ccc[nH+]c1.O=C(O)c1ccc[nH+]c1.[Ag].[Ag]. The second-order valence-corrected chi connectivity index (χ2v) is 3.19. The van der Waals surface area contributed by atoms with Crippen molar-refractivity contribution in [1.29, 1.82) is 0 Å². The molecule has 114 valence electrons. The fraction of sp³-hybridized carbons (Fsp3) is 0. The largest absolute Gasteiger partial charge is 0.477 e. The van der Waals surface area contributed by atoms with E-state index in [9.17, 15) is 9.59 Å². The number of carboxylic acid groups (broad SMARTS) is 2. The van der Waals surface area contributed by atoms with Crippen molar-refractivity contribution in [1.82, 2.24) is 0 Å². The van der Waals surface area contributed by atoms with E-state index in [4.69, 9.17) is 10.2 Å². The molecule has 0 atom stereocenters. The van der Waals surface area contributed by atoms with E-state index in [0.717, 1.165) is 0 Å². The van der Waals surface area contributed by atoms with Gasteiger partial charge in [0.2, 0.25) is 0 Å². The van der Waals surface area contributed by atoms with Gasteiger partial charge in [0.05, 0.1) is 0 Å². The van der Waals surface area contributed by atoms with Gasteiger partial charge in [0.1, 0.15) is 11.1 Å². The maximum absolute atomic E-state index is 10.2. The minimum atomic E-state index is -0.910. The zero-order valence-electron chi connectivity index (χ0n) is 9.93. The number of nitrogens with one attached hydrogen (secondary N) is 2. The molecule has 0 saturated heterocycles. The van der Waals surface area contributed by atoms with E-state index in [1.807, 2.05) is 0 Å². The fourth-order valence-corrected chi connectivity index (χ4v) is 1.05. The average molecular weight is 464 g/mol. The number of pyridine rings is 2. The smallest absolute Gasteiger partial charge is 0.341 e. The Kier molecular flexibility index (Phi) is 12.1. The van der Waals surface area contributed by atoms with Gasteiger partial charge in [-0.25, -0.2) is 19.6 Å². The van der Waals surface area contributed by atoms with Crippen LogP contribution in [0.15, 0.2) is 49.1 Å². The van der Waals surface area contributed by atoms with Crippen molar-refractivity contribution in [2.75, 3.05) is 0 Å². The molecule has 2 aromatic heterocycles. The summed E-state index contributed by atoms with van der Waals surface area (Å²) in [4.78, 5) is 25.7. The van der Waals surface area contributed by atoms with Gasteiger partial charge in [0, 0.05) is 56.9 Å². The monoisotopic (exact) mass is 462 g/mol. The first-order chi connectivity index (χ1) is 8.61. The number of carboxylic acids is 2. The molecule has 8 heteroatoms. The van der Waals surface area contributed by atoms with Crippen LogP contribution in [0.4, 0.5) is 0 Å². The molecule has 0 aromatic carbocycles. The van der Waals surface area contributed by atoms with Crippen LogP contribution in [0.2, 0.25) is 0 Å².